The fourth-order valence-corrected chi connectivity index (χ4v) is 3.12. The largest absolute Gasteiger partial charge is 0.479 e. The first-order valence-electron chi connectivity index (χ1n) is 4.48. The minimum Gasteiger partial charge on any atom is -0.479 e. The predicted octanol–water partition coefficient (Wildman–Crippen LogP) is -0.0789. The summed E-state index contributed by atoms with van der Waals surface area (Å²) in [5.41, 5.74) is 10.5. The van der Waals surface area contributed by atoms with Gasteiger partial charge in [0, 0.05) is 11.0 Å². The maximum absolute atomic E-state index is 12.1. The summed E-state index contributed by atoms with van der Waals surface area (Å²) < 4.78 is 24.6. The highest BCUT2D eigenvalue weighted by Gasteiger charge is 2.47. The van der Waals surface area contributed by atoms with Gasteiger partial charge in [-0.15, -0.1) is 0 Å². The molecule has 0 aromatic heterocycles. The van der Waals surface area contributed by atoms with E-state index in [4.69, 9.17) is 16.6 Å². The molecule has 0 saturated heterocycles. The van der Waals surface area contributed by atoms with E-state index in [2.05, 4.69) is 15.9 Å². The highest BCUT2D eigenvalue weighted by molar-refractivity contribution is 9.10. The van der Waals surface area contributed by atoms with Gasteiger partial charge in [-0.1, -0.05) is 22.0 Å². The van der Waals surface area contributed by atoms with Gasteiger partial charge in [-0.3, -0.25) is 0 Å². The summed E-state index contributed by atoms with van der Waals surface area (Å²) >= 11 is 3.10. The van der Waals surface area contributed by atoms with Crippen LogP contribution in [-0.4, -0.2) is 30.9 Å². The van der Waals surface area contributed by atoms with Crippen molar-refractivity contribution >= 4 is 31.7 Å². The summed E-state index contributed by atoms with van der Waals surface area (Å²) in [6.45, 7) is -0.711. The van der Waals surface area contributed by atoms with Crippen molar-refractivity contribution in [1.29, 1.82) is 0 Å². The molecule has 0 aliphatic rings. The van der Waals surface area contributed by atoms with E-state index < -0.39 is 27.2 Å². The number of nitrogens with two attached hydrogens (primary N) is 2. The summed E-state index contributed by atoms with van der Waals surface area (Å²) in [7, 11) is -4.25. The van der Waals surface area contributed by atoms with Gasteiger partial charge in [0.2, 0.25) is 14.7 Å². The van der Waals surface area contributed by atoms with E-state index in [1.54, 1.807) is 6.07 Å². The highest BCUT2D eigenvalue weighted by Crippen LogP contribution is 2.24. The minimum absolute atomic E-state index is 0.192. The molecular formula is C9H11BrN2O4S. The number of rotatable bonds is 4. The van der Waals surface area contributed by atoms with Crippen LogP contribution in [0.4, 0.5) is 0 Å². The lowest BCUT2D eigenvalue weighted by atomic mass is 10.3. The maximum atomic E-state index is 12.1. The van der Waals surface area contributed by atoms with Gasteiger partial charge in [0.15, 0.2) is 0 Å². The van der Waals surface area contributed by atoms with Crippen molar-refractivity contribution in [3.8, 4) is 0 Å². The van der Waals surface area contributed by atoms with Gasteiger partial charge < -0.3 is 16.6 Å². The molecule has 0 bridgehead atoms. The van der Waals surface area contributed by atoms with Crippen LogP contribution in [0.15, 0.2) is 33.6 Å². The molecule has 0 amide bonds. The normalized spacial score (nSPS) is 15.2. The molecule has 1 rings (SSSR count). The fraction of sp³-hybridized carbons (Fsp3) is 0.222. The second-order valence-corrected chi connectivity index (χ2v) is 6.48. The third kappa shape index (κ3) is 2.34. The van der Waals surface area contributed by atoms with Crippen molar-refractivity contribution in [3.05, 3.63) is 28.7 Å². The number of carboxylic acid groups (broad SMARTS) is 1. The zero-order valence-electron chi connectivity index (χ0n) is 8.63. The average Bonchev–Trinajstić information content (AvgIpc) is 2.27. The number of carboxylic acids is 1. The lowest BCUT2D eigenvalue weighted by Gasteiger charge is -2.22. The fourth-order valence-electron chi connectivity index (χ4n) is 1.16. The Bertz CT molecular complexity index is 546. The first-order chi connectivity index (χ1) is 7.75. The van der Waals surface area contributed by atoms with E-state index >= 15 is 0 Å². The summed E-state index contributed by atoms with van der Waals surface area (Å²) in [6.07, 6.45) is 0. The van der Waals surface area contributed by atoms with Crippen LogP contribution in [-0.2, 0) is 14.6 Å². The molecule has 6 nitrogen and oxygen atoms in total. The van der Waals surface area contributed by atoms with Crippen molar-refractivity contribution in [1.82, 2.24) is 0 Å². The van der Waals surface area contributed by atoms with Crippen molar-refractivity contribution in [2.24, 2.45) is 11.5 Å². The number of carbonyl (C=O) groups is 1. The molecule has 1 aromatic rings. The van der Waals surface area contributed by atoms with Crippen LogP contribution < -0.4 is 11.5 Å². The zero-order chi connectivity index (χ0) is 13.3. The molecule has 1 unspecified atom stereocenters. The van der Waals surface area contributed by atoms with E-state index in [0.29, 0.717) is 4.47 Å². The molecule has 0 aliphatic carbocycles. The number of hydrogen-bond donors (Lipinski definition) is 3. The van der Waals surface area contributed by atoms with E-state index in [9.17, 15) is 13.2 Å². The molecule has 5 N–H and O–H groups in total. The van der Waals surface area contributed by atoms with Gasteiger partial charge in [0.1, 0.15) is 0 Å². The van der Waals surface area contributed by atoms with E-state index in [0.717, 1.165) is 0 Å². The second kappa shape index (κ2) is 4.73. The minimum atomic E-state index is -4.25. The van der Waals surface area contributed by atoms with Gasteiger partial charge in [-0.05, 0) is 18.2 Å². The van der Waals surface area contributed by atoms with Gasteiger partial charge in [0.05, 0.1) is 4.90 Å². The summed E-state index contributed by atoms with van der Waals surface area (Å²) in [5.74, 6) is -1.68. The molecule has 0 saturated carbocycles. The Kier molecular flexibility index (Phi) is 3.92. The second-order valence-electron chi connectivity index (χ2n) is 3.36. The number of benzene rings is 1. The van der Waals surface area contributed by atoms with Crippen LogP contribution in [0.1, 0.15) is 0 Å². The highest BCUT2D eigenvalue weighted by atomic mass is 79.9. The molecule has 0 heterocycles. The Morgan fingerprint density at radius 3 is 2.47 bits per heavy atom. The molecule has 94 valence electrons. The van der Waals surface area contributed by atoms with Gasteiger partial charge in [0.25, 0.3) is 0 Å². The third-order valence-electron chi connectivity index (χ3n) is 2.25. The number of sulfone groups is 1. The Morgan fingerprint density at radius 1 is 1.47 bits per heavy atom. The van der Waals surface area contributed by atoms with Gasteiger partial charge in [-0.25, -0.2) is 13.2 Å². The van der Waals surface area contributed by atoms with Crippen LogP contribution in [0.5, 0.6) is 0 Å². The Balaban J connectivity index is 3.43. The molecular weight excluding hydrogens is 312 g/mol. The number of halogens is 1. The lowest BCUT2D eigenvalue weighted by molar-refractivity contribution is -0.139. The standard InChI is InChI=1S/C9H11BrN2O4S/c10-6-2-1-3-7(4-6)17(15,16)9(12,5-11)8(13)14/h1-4H,5,11-12H2,(H,13,14). The third-order valence-corrected chi connectivity index (χ3v) is 4.92. The van der Waals surface area contributed by atoms with Crippen molar-refractivity contribution in [2.75, 3.05) is 6.54 Å². The first kappa shape index (κ1) is 14.1. The molecule has 0 radical (unpaired) electrons. The van der Waals surface area contributed by atoms with Crippen molar-refractivity contribution in [3.63, 3.8) is 0 Å². The SMILES string of the molecule is NCC(N)(C(=O)O)S(=O)(=O)c1cccc(Br)c1. The molecule has 1 aromatic carbocycles. The van der Waals surface area contributed by atoms with Crippen molar-refractivity contribution in [2.45, 2.75) is 9.77 Å². The summed E-state index contributed by atoms with van der Waals surface area (Å²) in [6, 6.07) is 5.62. The van der Waals surface area contributed by atoms with Gasteiger partial charge in [-0.2, -0.15) is 0 Å². The molecule has 17 heavy (non-hydrogen) atoms. The van der Waals surface area contributed by atoms with E-state index in [1.807, 2.05) is 0 Å². The van der Waals surface area contributed by atoms with Crippen LogP contribution in [0.25, 0.3) is 0 Å². The summed E-state index contributed by atoms with van der Waals surface area (Å²) in [4.78, 5) is 8.25. The smallest absolute Gasteiger partial charge is 0.341 e. The molecule has 0 fully saturated rings. The first-order valence-corrected chi connectivity index (χ1v) is 6.76. The Morgan fingerprint density at radius 2 is 2.06 bits per heavy atom. The predicted molar refractivity (Wildman–Crippen MR) is 64.9 cm³/mol. The van der Waals surface area contributed by atoms with Crippen LogP contribution in [0.3, 0.4) is 0 Å². The van der Waals surface area contributed by atoms with E-state index in [-0.39, 0.29) is 4.90 Å². The quantitative estimate of drug-likeness (QED) is 0.712. The Hall–Kier alpha value is -0.960. The van der Waals surface area contributed by atoms with Crippen LogP contribution >= 0.6 is 15.9 Å². The number of hydrogen-bond acceptors (Lipinski definition) is 5. The molecule has 0 spiro atoms. The average molecular weight is 323 g/mol. The lowest BCUT2D eigenvalue weighted by Crippen LogP contribution is -2.59. The van der Waals surface area contributed by atoms with Gasteiger partial charge >= 0.3 is 5.97 Å². The summed E-state index contributed by atoms with van der Waals surface area (Å²) in [5, 5.41) is 8.90. The maximum Gasteiger partial charge on any atom is 0.341 e. The number of aliphatic carboxylic acids is 1. The molecule has 0 aliphatic heterocycles. The zero-order valence-corrected chi connectivity index (χ0v) is 11.0. The van der Waals surface area contributed by atoms with Crippen molar-refractivity contribution < 1.29 is 18.3 Å². The van der Waals surface area contributed by atoms with Crippen LogP contribution in [0.2, 0.25) is 0 Å². The van der Waals surface area contributed by atoms with Crippen LogP contribution in [0, 0.1) is 0 Å². The topological polar surface area (TPSA) is 123 Å². The molecule has 8 heteroatoms. The monoisotopic (exact) mass is 322 g/mol. The molecule has 1 atom stereocenters. The Labute approximate surface area is 107 Å². The van der Waals surface area contributed by atoms with E-state index in [1.165, 1.54) is 18.2 Å².